The van der Waals surface area contributed by atoms with Gasteiger partial charge in [-0.2, -0.15) is 0 Å². The summed E-state index contributed by atoms with van der Waals surface area (Å²) in [5.41, 5.74) is 0.715. The summed E-state index contributed by atoms with van der Waals surface area (Å²) in [4.78, 5) is 40.8. The van der Waals surface area contributed by atoms with E-state index in [1.807, 2.05) is 0 Å². The zero-order valence-electron chi connectivity index (χ0n) is 14.8. The number of hydrogen-bond acceptors (Lipinski definition) is 6. The second kappa shape index (κ2) is 9.54. The van der Waals surface area contributed by atoms with Crippen LogP contribution in [0.3, 0.4) is 0 Å². The van der Waals surface area contributed by atoms with E-state index in [1.54, 1.807) is 24.3 Å². The first-order chi connectivity index (χ1) is 12.9. The van der Waals surface area contributed by atoms with Crippen LogP contribution in [0.5, 0.6) is 5.75 Å². The maximum atomic E-state index is 12.0. The zero-order chi connectivity index (χ0) is 19.8. The number of carbonyl (C=O) groups excluding carboxylic acids is 3. The third-order valence-electron chi connectivity index (χ3n) is 3.45. The van der Waals surface area contributed by atoms with E-state index in [9.17, 15) is 14.4 Å². The minimum Gasteiger partial charge on any atom is -0.497 e. The van der Waals surface area contributed by atoms with Crippen LogP contribution in [-0.2, 0) is 14.3 Å². The van der Waals surface area contributed by atoms with Gasteiger partial charge in [-0.05, 0) is 24.3 Å². The highest BCUT2D eigenvalue weighted by atomic mass is 35.5. The molecule has 0 spiro atoms. The van der Waals surface area contributed by atoms with Crippen LogP contribution in [-0.4, -0.2) is 55.0 Å². The van der Waals surface area contributed by atoms with Gasteiger partial charge in [0, 0.05) is 25.0 Å². The third kappa shape index (κ3) is 6.27. The highest BCUT2D eigenvalue weighted by molar-refractivity contribution is 6.29. The van der Waals surface area contributed by atoms with Crippen molar-refractivity contribution in [1.29, 1.82) is 0 Å². The van der Waals surface area contributed by atoms with Crippen molar-refractivity contribution in [2.24, 2.45) is 0 Å². The van der Waals surface area contributed by atoms with E-state index in [2.05, 4.69) is 10.3 Å². The number of amides is 2. The van der Waals surface area contributed by atoms with Gasteiger partial charge in [0.05, 0.1) is 19.2 Å². The van der Waals surface area contributed by atoms with Gasteiger partial charge in [-0.3, -0.25) is 9.59 Å². The van der Waals surface area contributed by atoms with E-state index >= 15 is 0 Å². The number of esters is 1. The van der Waals surface area contributed by atoms with Crippen molar-refractivity contribution >= 4 is 35.1 Å². The first kappa shape index (κ1) is 20.2. The molecule has 1 aromatic carbocycles. The minimum absolute atomic E-state index is 0.172. The van der Waals surface area contributed by atoms with E-state index in [0.717, 1.165) is 4.90 Å². The summed E-state index contributed by atoms with van der Waals surface area (Å²) in [6.45, 7) is -0.694. The summed E-state index contributed by atoms with van der Waals surface area (Å²) in [5.74, 6) is -1.03. The highest BCUT2D eigenvalue weighted by Gasteiger charge is 2.16. The van der Waals surface area contributed by atoms with E-state index in [1.165, 1.54) is 32.5 Å². The Morgan fingerprint density at radius 2 is 2.00 bits per heavy atom. The lowest BCUT2D eigenvalue weighted by molar-refractivity contribution is -0.136. The van der Waals surface area contributed by atoms with Gasteiger partial charge < -0.3 is 19.7 Å². The average Bonchev–Trinajstić information content (AvgIpc) is 2.66. The molecule has 0 fully saturated rings. The molecule has 2 aromatic rings. The predicted octanol–water partition coefficient (Wildman–Crippen LogP) is 2.00. The number of nitrogens with zero attached hydrogens (tertiary/aromatic N) is 2. The SMILES string of the molecule is COc1cccc(NC(=O)CN(C)C(=O)COC(=O)c2ccc(Cl)nc2)c1. The number of halogens is 1. The molecule has 0 saturated carbocycles. The number of nitrogens with one attached hydrogen (secondary N) is 1. The maximum absolute atomic E-state index is 12.0. The Bertz CT molecular complexity index is 826. The molecular formula is C18H18ClN3O5. The molecule has 8 nitrogen and oxygen atoms in total. The lowest BCUT2D eigenvalue weighted by atomic mass is 10.3. The van der Waals surface area contributed by atoms with Gasteiger partial charge in [0.1, 0.15) is 10.9 Å². The van der Waals surface area contributed by atoms with Gasteiger partial charge in [0.15, 0.2) is 6.61 Å². The number of ether oxygens (including phenoxy) is 2. The van der Waals surface area contributed by atoms with Crippen molar-refractivity contribution in [2.45, 2.75) is 0 Å². The largest absolute Gasteiger partial charge is 0.497 e. The molecule has 0 unspecified atom stereocenters. The second-order valence-electron chi connectivity index (χ2n) is 5.48. The summed E-state index contributed by atoms with van der Waals surface area (Å²) in [6, 6.07) is 9.71. The molecule has 0 aliphatic carbocycles. The van der Waals surface area contributed by atoms with Crippen LogP contribution in [0.1, 0.15) is 10.4 Å². The molecule has 0 saturated heterocycles. The summed E-state index contributed by atoms with van der Waals surface area (Å²) in [6.07, 6.45) is 1.25. The quantitative estimate of drug-likeness (QED) is 0.572. The van der Waals surface area contributed by atoms with Gasteiger partial charge in [-0.25, -0.2) is 9.78 Å². The van der Waals surface area contributed by atoms with Gasteiger partial charge in [-0.15, -0.1) is 0 Å². The van der Waals surface area contributed by atoms with E-state index < -0.39 is 24.4 Å². The Balaban J connectivity index is 1.81. The standard InChI is InChI=1S/C18H18ClN3O5/c1-22(10-16(23)21-13-4-3-5-14(8-13)26-2)17(24)11-27-18(25)12-6-7-15(19)20-9-12/h3-9H,10-11H2,1-2H3,(H,21,23). The molecule has 0 radical (unpaired) electrons. The molecule has 0 bridgehead atoms. The minimum atomic E-state index is -0.707. The molecule has 2 rings (SSSR count). The van der Waals surface area contributed by atoms with Crippen molar-refractivity contribution in [3.63, 3.8) is 0 Å². The normalized spacial score (nSPS) is 10.0. The Labute approximate surface area is 161 Å². The number of pyridine rings is 1. The molecule has 142 valence electrons. The molecule has 0 atom stereocenters. The topological polar surface area (TPSA) is 97.8 Å². The number of anilines is 1. The first-order valence-corrected chi connectivity index (χ1v) is 8.23. The maximum Gasteiger partial charge on any atom is 0.340 e. The number of methoxy groups -OCH3 is 1. The number of hydrogen-bond donors (Lipinski definition) is 1. The number of likely N-dealkylation sites (N-methyl/N-ethyl adjacent to an activating group) is 1. The molecule has 27 heavy (non-hydrogen) atoms. The molecule has 1 N–H and O–H groups in total. The van der Waals surface area contributed by atoms with Gasteiger partial charge in [0.25, 0.3) is 5.91 Å². The van der Waals surface area contributed by atoms with Crippen molar-refractivity contribution in [2.75, 3.05) is 32.6 Å². The zero-order valence-corrected chi connectivity index (χ0v) is 15.5. The Morgan fingerprint density at radius 3 is 2.67 bits per heavy atom. The van der Waals surface area contributed by atoms with Crippen LogP contribution in [0.2, 0.25) is 5.15 Å². The van der Waals surface area contributed by atoms with E-state index in [-0.39, 0.29) is 17.3 Å². The summed E-state index contributed by atoms with van der Waals surface area (Å²) < 4.78 is 10.00. The van der Waals surface area contributed by atoms with Crippen LogP contribution in [0.4, 0.5) is 5.69 Å². The number of carbonyl (C=O) groups is 3. The summed E-state index contributed by atoms with van der Waals surface area (Å²) >= 11 is 5.64. The molecule has 2 amide bonds. The molecule has 0 aliphatic heterocycles. The van der Waals surface area contributed by atoms with Crippen LogP contribution in [0, 0.1) is 0 Å². The van der Waals surface area contributed by atoms with Crippen LogP contribution in [0.15, 0.2) is 42.6 Å². The predicted molar refractivity (Wildman–Crippen MR) is 98.8 cm³/mol. The van der Waals surface area contributed by atoms with Crippen molar-refractivity contribution in [1.82, 2.24) is 9.88 Å². The fraction of sp³-hybridized carbons (Fsp3) is 0.222. The lowest BCUT2D eigenvalue weighted by Gasteiger charge is -2.17. The average molecular weight is 392 g/mol. The number of aromatic nitrogens is 1. The summed E-state index contributed by atoms with van der Waals surface area (Å²) in [7, 11) is 2.96. The van der Waals surface area contributed by atoms with Crippen molar-refractivity contribution in [3.05, 3.63) is 53.3 Å². The number of benzene rings is 1. The van der Waals surface area contributed by atoms with Gasteiger partial charge in [0.2, 0.25) is 5.91 Å². The highest BCUT2D eigenvalue weighted by Crippen LogP contribution is 2.16. The fourth-order valence-corrected chi connectivity index (χ4v) is 2.13. The Morgan fingerprint density at radius 1 is 1.22 bits per heavy atom. The monoisotopic (exact) mass is 391 g/mol. The molecule has 1 aromatic heterocycles. The van der Waals surface area contributed by atoms with Gasteiger partial charge in [-0.1, -0.05) is 17.7 Å². The third-order valence-corrected chi connectivity index (χ3v) is 3.67. The molecule has 1 heterocycles. The van der Waals surface area contributed by atoms with Crippen molar-refractivity contribution < 1.29 is 23.9 Å². The van der Waals surface area contributed by atoms with Crippen LogP contribution < -0.4 is 10.1 Å². The Hall–Kier alpha value is -3.13. The lowest BCUT2D eigenvalue weighted by Crippen LogP contribution is -2.37. The molecule has 0 aliphatic rings. The Kier molecular flexibility index (Phi) is 7.13. The summed E-state index contributed by atoms with van der Waals surface area (Å²) in [5, 5.41) is 2.90. The van der Waals surface area contributed by atoms with E-state index in [4.69, 9.17) is 21.1 Å². The van der Waals surface area contributed by atoms with Crippen LogP contribution in [0.25, 0.3) is 0 Å². The molecule has 9 heteroatoms. The molecular weight excluding hydrogens is 374 g/mol. The number of rotatable bonds is 7. The van der Waals surface area contributed by atoms with Crippen molar-refractivity contribution in [3.8, 4) is 5.75 Å². The first-order valence-electron chi connectivity index (χ1n) is 7.85. The van der Waals surface area contributed by atoms with E-state index in [0.29, 0.717) is 11.4 Å². The van der Waals surface area contributed by atoms with Gasteiger partial charge >= 0.3 is 5.97 Å². The fourth-order valence-electron chi connectivity index (χ4n) is 2.02. The smallest absolute Gasteiger partial charge is 0.340 e. The second-order valence-corrected chi connectivity index (χ2v) is 5.86. The van der Waals surface area contributed by atoms with Crippen LogP contribution >= 0.6 is 11.6 Å².